The van der Waals surface area contributed by atoms with E-state index in [1.165, 1.54) is 51.8 Å². The van der Waals surface area contributed by atoms with Gasteiger partial charge in [-0.05, 0) is 22.6 Å². The summed E-state index contributed by atoms with van der Waals surface area (Å²) in [4.78, 5) is 12.8. The van der Waals surface area contributed by atoms with E-state index in [1.807, 2.05) is 0 Å². The van der Waals surface area contributed by atoms with Gasteiger partial charge in [-0.2, -0.15) is 0 Å². The van der Waals surface area contributed by atoms with Crippen LogP contribution in [0, 0.1) is 9.49 Å². The van der Waals surface area contributed by atoms with Gasteiger partial charge >= 0.3 is 239 Å². The standard InChI is InChI=1S/C18H21IN3O4S.3C4H9.Sn/c1-13(2)17(18(23)21-24)22(12-20-15-6-4-3-5-7-15)27(25,26)16-10-8-14(19)9-11-16;3*1-3-4-2;/h4-11,13,17,20,24H,12H2,1-2H3,(H,21,23);3*1,3-4H2,2H3;/t17-;;;;/m1..../s1. The third kappa shape index (κ3) is 9.57. The van der Waals surface area contributed by atoms with E-state index in [4.69, 9.17) is 0 Å². The summed E-state index contributed by atoms with van der Waals surface area (Å²) in [6.45, 7) is 10.3. The van der Waals surface area contributed by atoms with E-state index in [-0.39, 0.29) is 17.5 Å². The topological polar surface area (TPSA) is 98.7 Å². The molecule has 0 aliphatic rings. The summed E-state index contributed by atoms with van der Waals surface area (Å²) in [5.74, 6) is -1.14. The van der Waals surface area contributed by atoms with Gasteiger partial charge in [0.15, 0.2) is 0 Å². The Morgan fingerprint density at radius 3 is 1.82 bits per heavy atom. The van der Waals surface area contributed by atoms with E-state index in [0.29, 0.717) is 0 Å². The van der Waals surface area contributed by atoms with E-state index < -0.39 is 40.3 Å². The molecule has 40 heavy (non-hydrogen) atoms. The minimum atomic E-state index is -4.04. The molecular weight excluding hydrogens is 744 g/mol. The molecule has 10 heteroatoms. The first kappa shape index (κ1) is 35.3. The maximum atomic E-state index is 13.7. The van der Waals surface area contributed by atoms with Gasteiger partial charge in [-0.1, -0.05) is 0 Å². The summed E-state index contributed by atoms with van der Waals surface area (Å²) >= 11 is -0.450. The fourth-order valence-electron chi connectivity index (χ4n) is 5.37. The van der Waals surface area contributed by atoms with Crippen LogP contribution in [0.2, 0.25) is 13.3 Å². The van der Waals surface area contributed by atoms with Crippen LogP contribution in [0.15, 0.2) is 53.4 Å². The Bertz CT molecular complexity index is 1120. The van der Waals surface area contributed by atoms with Gasteiger partial charge in [-0.25, -0.2) is 0 Å². The molecule has 0 aliphatic heterocycles. The van der Waals surface area contributed by atoms with Crippen molar-refractivity contribution in [3.63, 3.8) is 0 Å². The Morgan fingerprint density at radius 2 is 1.40 bits per heavy atom. The van der Waals surface area contributed by atoms with Gasteiger partial charge in [0.1, 0.15) is 0 Å². The van der Waals surface area contributed by atoms with Crippen molar-refractivity contribution in [1.82, 2.24) is 9.79 Å². The second kappa shape index (κ2) is 17.3. The summed E-state index contributed by atoms with van der Waals surface area (Å²) < 4.78 is 35.2. The van der Waals surface area contributed by atoms with E-state index >= 15 is 0 Å². The van der Waals surface area contributed by atoms with Crippen LogP contribution in [0.3, 0.4) is 0 Å². The number of amides is 1. The number of nitrogens with zero attached hydrogens (tertiary/aromatic N) is 1. The van der Waals surface area contributed by atoms with Crippen molar-refractivity contribution in [2.45, 2.75) is 97.4 Å². The molecule has 0 spiro atoms. The third-order valence-corrected chi connectivity index (χ3v) is 25.9. The van der Waals surface area contributed by atoms with Crippen molar-refractivity contribution in [2.24, 2.45) is 5.92 Å². The van der Waals surface area contributed by atoms with Crippen LogP contribution >= 0.6 is 22.6 Å². The predicted octanol–water partition coefficient (Wildman–Crippen LogP) is 6.94. The zero-order valence-corrected chi connectivity index (χ0v) is 30.6. The number of carbonyl (C=O) groups is 1. The average molecular weight is 792 g/mol. The summed E-state index contributed by atoms with van der Waals surface area (Å²) in [6.07, 6.45) is 7.54. The summed E-state index contributed by atoms with van der Waals surface area (Å²) in [5.41, 5.74) is 2.47. The van der Waals surface area contributed by atoms with E-state index in [9.17, 15) is 18.4 Å². The molecule has 1 amide bonds. The Labute approximate surface area is 259 Å². The first-order valence-corrected chi connectivity index (χ1v) is 24.6. The summed E-state index contributed by atoms with van der Waals surface area (Å²) in [5, 5.41) is 12.7. The molecule has 2 aromatic rings. The first-order chi connectivity index (χ1) is 19.1. The van der Waals surface area contributed by atoms with Crippen LogP contribution in [-0.4, -0.2) is 54.9 Å². The molecule has 2 rings (SSSR count). The van der Waals surface area contributed by atoms with Crippen LogP contribution in [0.5, 0.6) is 0 Å². The number of rotatable bonds is 18. The molecule has 1 atom stereocenters. The SMILES string of the molecule is CCC[CH2][Sn]([CH2]CCC)([CH2]CCC)[c]1ccc(NCN([C@@H](C(=O)NO)C(C)C)S(=O)(=O)c2ccc(I)cc2)cc1. The average Bonchev–Trinajstić information content (AvgIpc) is 2.95. The summed E-state index contributed by atoms with van der Waals surface area (Å²) in [6, 6.07) is 14.1. The van der Waals surface area contributed by atoms with E-state index in [1.54, 1.807) is 47.2 Å². The van der Waals surface area contributed by atoms with Gasteiger partial charge in [0.25, 0.3) is 0 Å². The van der Waals surface area contributed by atoms with E-state index in [0.717, 1.165) is 13.6 Å². The molecule has 2 aromatic carbocycles. The Morgan fingerprint density at radius 1 is 0.900 bits per heavy atom. The molecular formula is C30H48IN3O4SSn. The van der Waals surface area contributed by atoms with Crippen molar-refractivity contribution in [2.75, 3.05) is 12.0 Å². The quantitative estimate of drug-likeness (QED) is 0.0500. The van der Waals surface area contributed by atoms with Crippen molar-refractivity contribution in [3.05, 3.63) is 52.1 Å². The van der Waals surface area contributed by atoms with Crippen LogP contribution in [-0.2, 0) is 14.8 Å². The Balaban J connectivity index is 2.40. The third-order valence-electron chi connectivity index (χ3n) is 7.70. The van der Waals surface area contributed by atoms with Gasteiger partial charge in [0.05, 0.1) is 0 Å². The fraction of sp³-hybridized carbons (Fsp3) is 0.567. The monoisotopic (exact) mass is 793 g/mol. The number of nitrogens with one attached hydrogen (secondary N) is 2. The fourth-order valence-corrected chi connectivity index (χ4v) is 23.3. The van der Waals surface area contributed by atoms with Crippen LogP contribution in [0.4, 0.5) is 5.69 Å². The number of hydrogen-bond acceptors (Lipinski definition) is 5. The molecule has 0 radical (unpaired) electrons. The van der Waals surface area contributed by atoms with Crippen LogP contribution < -0.4 is 14.4 Å². The molecule has 0 fully saturated rings. The normalized spacial score (nSPS) is 13.0. The predicted molar refractivity (Wildman–Crippen MR) is 176 cm³/mol. The zero-order chi connectivity index (χ0) is 29.8. The number of sulfonamides is 1. The number of hydroxylamine groups is 1. The first-order valence-electron chi connectivity index (χ1n) is 14.6. The molecule has 0 saturated carbocycles. The van der Waals surface area contributed by atoms with Crippen molar-refractivity contribution in [1.29, 1.82) is 0 Å². The van der Waals surface area contributed by atoms with Crippen molar-refractivity contribution < 1.29 is 18.4 Å². The molecule has 0 bridgehead atoms. The molecule has 0 heterocycles. The number of hydrogen-bond donors (Lipinski definition) is 3. The van der Waals surface area contributed by atoms with Gasteiger partial charge < -0.3 is 0 Å². The van der Waals surface area contributed by atoms with Gasteiger partial charge in [-0.3, -0.25) is 0 Å². The second-order valence-corrected chi connectivity index (χ2v) is 27.4. The molecule has 0 saturated heterocycles. The second-order valence-electron chi connectivity index (χ2n) is 11.0. The molecule has 0 unspecified atom stereocenters. The van der Waals surface area contributed by atoms with Gasteiger partial charge in [0, 0.05) is 0 Å². The number of anilines is 1. The Hall–Kier alpha value is -0.891. The molecule has 0 aliphatic carbocycles. The molecule has 224 valence electrons. The Kier molecular flexibility index (Phi) is 15.3. The minimum absolute atomic E-state index is 0.100. The van der Waals surface area contributed by atoms with E-state index in [2.05, 4.69) is 72.9 Å². The van der Waals surface area contributed by atoms with Crippen molar-refractivity contribution >= 4 is 66.2 Å². The van der Waals surface area contributed by atoms with Crippen molar-refractivity contribution in [3.8, 4) is 0 Å². The van der Waals surface area contributed by atoms with Crippen LogP contribution in [0.1, 0.15) is 73.1 Å². The number of carbonyl (C=O) groups excluding carboxylic acids is 1. The summed E-state index contributed by atoms with van der Waals surface area (Å²) in [7, 11) is -4.04. The van der Waals surface area contributed by atoms with Crippen LogP contribution in [0.25, 0.3) is 0 Å². The number of halogens is 1. The van der Waals surface area contributed by atoms with Gasteiger partial charge in [0.2, 0.25) is 0 Å². The zero-order valence-electron chi connectivity index (χ0n) is 24.7. The van der Waals surface area contributed by atoms with Gasteiger partial charge in [-0.15, -0.1) is 0 Å². The molecule has 3 N–H and O–H groups in total. The maximum absolute atomic E-state index is 13.7. The molecule has 7 nitrogen and oxygen atoms in total. The number of benzene rings is 2. The molecule has 0 aromatic heterocycles. The number of unbranched alkanes of at least 4 members (excludes halogenated alkanes) is 3.